The van der Waals surface area contributed by atoms with E-state index >= 15 is 0 Å². The van der Waals surface area contributed by atoms with Gasteiger partial charge in [0.05, 0.1) is 11.7 Å². The second kappa shape index (κ2) is 6.31. The summed E-state index contributed by atoms with van der Waals surface area (Å²) >= 11 is 0. The summed E-state index contributed by atoms with van der Waals surface area (Å²) in [5, 5.41) is 2.94. The molecule has 1 aliphatic heterocycles. The fraction of sp³-hybridized carbons (Fsp3) is 0.667. The fourth-order valence-electron chi connectivity index (χ4n) is 2.42. The Morgan fingerprint density at radius 3 is 3.00 bits per heavy atom. The number of aromatic nitrogens is 2. The quantitative estimate of drug-likeness (QED) is 0.891. The summed E-state index contributed by atoms with van der Waals surface area (Å²) in [7, 11) is 0. The Bertz CT molecular complexity index is 474. The molecule has 1 fully saturated rings. The molecular weight excluding hydrogens is 254 g/mol. The van der Waals surface area contributed by atoms with E-state index in [-0.39, 0.29) is 17.6 Å². The molecule has 2 rings (SSSR count). The van der Waals surface area contributed by atoms with Gasteiger partial charge in [0.2, 0.25) is 5.91 Å². The number of hydrogen-bond acceptors (Lipinski definition) is 4. The molecule has 1 atom stereocenters. The van der Waals surface area contributed by atoms with Crippen molar-refractivity contribution in [2.24, 2.45) is 0 Å². The number of carbonyl (C=O) groups is 1. The molecule has 0 aromatic carbocycles. The van der Waals surface area contributed by atoms with Crippen molar-refractivity contribution in [3.05, 3.63) is 23.8 Å². The van der Waals surface area contributed by atoms with E-state index in [2.05, 4.69) is 29.1 Å². The first-order valence-corrected chi connectivity index (χ1v) is 7.18. The lowest BCUT2D eigenvalue weighted by Crippen LogP contribution is -2.33. The van der Waals surface area contributed by atoms with E-state index in [1.54, 1.807) is 6.20 Å². The van der Waals surface area contributed by atoms with Gasteiger partial charge in [-0.15, -0.1) is 0 Å². The monoisotopic (exact) mass is 277 g/mol. The van der Waals surface area contributed by atoms with Crippen molar-refractivity contribution in [2.45, 2.75) is 58.2 Å². The normalized spacial score (nSPS) is 20.9. The summed E-state index contributed by atoms with van der Waals surface area (Å²) in [5.41, 5.74) is 0.861. The van der Waals surface area contributed by atoms with Gasteiger partial charge in [-0.3, -0.25) is 4.79 Å². The number of ether oxygens (including phenoxy) is 1. The van der Waals surface area contributed by atoms with Gasteiger partial charge in [-0.2, -0.15) is 0 Å². The molecule has 1 saturated heterocycles. The number of carbonyl (C=O) groups excluding carboxylic acids is 1. The molecule has 2 heterocycles. The minimum Gasteiger partial charge on any atom is -0.371 e. The summed E-state index contributed by atoms with van der Waals surface area (Å²) in [4.78, 5) is 20.1. The average molecular weight is 277 g/mol. The molecular formula is C15H23N3O2. The van der Waals surface area contributed by atoms with Crippen LogP contribution in [0.4, 0.5) is 0 Å². The second-order valence-corrected chi connectivity index (χ2v) is 5.94. The van der Waals surface area contributed by atoms with Crippen LogP contribution in [-0.4, -0.2) is 34.1 Å². The van der Waals surface area contributed by atoms with Crippen molar-refractivity contribution in [3.63, 3.8) is 0 Å². The Hall–Kier alpha value is -1.49. The molecule has 20 heavy (non-hydrogen) atoms. The first-order valence-electron chi connectivity index (χ1n) is 7.18. The third-order valence-electron chi connectivity index (χ3n) is 3.52. The van der Waals surface area contributed by atoms with Crippen LogP contribution in [-0.2, 0) is 16.0 Å². The highest BCUT2D eigenvalue weighted by atomic mass is 16.5. The zero-order valence-corrected chi connectivity index (χ0v) is 12.5. The van der Waals surface area contributed by atoms with E-state index in [1.807, 2.05) is 13.0 Å². The highest BCUT2D eigenvalue weighted by Crippen LogP contribution is 2.28. The number of nitrogens with zero attached hydrogens (tertiary/aromatic N) is 2. The predicted molar refractivity (Wildman–Crippen MR) is 76.3 cm³/mol. The minimum absolute atomic E-state index is 0.0477. The van der Waals surface area contributed by atoms with E-state index in [0.29, 0.717) is 19.4 Å². The van der Waals surface area contributed by atoms with Gasteiger partial charge in [-0.1, -0.05) is 0 Å². The largest absolute Gasteiger partial charge is 0.371 e. The predicted octanol–water partition coefficient (Wildman–Crippen LogP) is 1.79. The number of amides is 1. The average Bonchev–Trinajstić information content (AvgIpc) is 2.74. The van der Waals surface area contributed by atoms with Crippen LogP contribution in [0.1, 0.15) is 44.6 Å². The zero-order chi connectivity index (χ0) is 14.6. The van der Waals surface area contributed by atoms with Crippen molar-refractivity contribution in [3.8, 4) is 0 Å². The lowest BCUT2D eigenvalue weighted by atomic mass is 10.1. The van der Waals surface area contributed by atoms with Crippen molar-refractivity contribution in [1.82, 2.24) is 15.3 Å². The lowest BCUT2D eigenvalue weighted by molar-refractivity contribution is -0.122. The summed E-state index contributed by atoms with van der Waals surface area (Å²) in [6, 6.07) is 1.85. The van der Waals surface area contributed by atoms with Crippen LogP contribution in [0.15, 0.2) is 12.3 Å². The summed E-state index contributed by atoms with van der Waals surface area (Å²) in [6.45, 7) is 6.63. The Morgan fingerprint density at radius 2 is 2.35 bits per heavy atom. The lowest BCUT2D eigenvalue weighted by Gasteiger charge is -2.19. The molecule has 0 aliphatic carbocycles. The smallest absolute Gasteiger partial charge is 0.220 e. The standard InChI is InChI=1S/C15H23N3O2/c1-11-16-9-7-12(18-11)4-5-14(19)17-10-13-6-8-15(2,3)20-13/h7,9,13H,4-6,8,10H2,1-3H3,(H,17,19)/t13-/m1/s1. The van der Waals surface area contributed by atoms with Crippen LogP contribution >= 0.6 is 0 Å². The van der Waals surface area contributed by atoms with Crippen molar-refractivity contribution < 1.29 is 9.53 Å². The van der Waals surface area contributed by atoms with Crippen LogP contribution < -0.4 is 5.32 Å². The van der Waals surface area contributed by atoms with E-state index < -0.39 is 0 Å². The number of hydrogen-bond donors (Lipinski definition) is 1. The number of rotatable bonds is 5. The van der Waals surface area contributed by atoms with Crippen LogP contribution in [0.3, 0.4) is 0 Å². The summed E-state index contributed by atoms with van der Waals surface area (Å²) in [5.74, 6) is 0.791. The molecule has 0 saturated carbocycles. The van der Waals surface area contributed by atoms with Gasteiger partial charge in [0.15, 0.2) is 0 Å². The van der Waals surface area contributed by atoms with Crippen molar-refractivity contribution in [2.75, 3.05) is 6.54 Å². The van der Waals surface area contributed by atoms with E-state index in [9.17, 15) is 4.79 Å². The maximum Gasteiger partial charge on any atom is 0.220 e. The van der Waals surface area contributed by atoms with Crippen LogP contribution in [0.25, 0.3) is 0 Å². The molecule has 1 aromatic rings. The Morgan fingerprint density at radius 1 is 1.55 bits per heavy atom. The molecule has 1 amide bonds. The third-order valence-corrected chi connectivity index (χ3v) is 3.52. The SMILES string of the molecule is Cc1nccc(CCC(=O)NC[C@H]2CCC(C)(C)O2)n1. The fourth-order valence-corrected chi connectivity index (χ4v) is 2.42. The first kappa shape index (κ1) is 14.9. The molecule has 110 valence electrons. The van der Waals surface area contributed by atoms with Crippen molar-refractivity contribution >= 4 is 5.91 Å². The van der Waals surface area contributed by atoms with E-state index in [1.165, 1.54) is 0 Å². The maximum absolute atomic E-state index is 11.8. The molecule has 1 aliphatic rings. The molecule has 5 nitrogen and oxygen atoms in total. The molecule has 1 N–H and O–H groups in total. The molecule has 0 radical (unpaired) electrons. The van der Waals surface area contributed by atoms with E-state index in [0.717, 1.165) is 24.4 Å². The van der Waals surface area contributed by atoms with Crippen LogP contribution in [0, 0.1) is 6.92 Å². The third kappa shape index (κ3) is 4.56. The topological polar surface area (TPSA) is 64.1 Å². The highest BCUT2D eigenvalue weighted by molar-refractivity contribution is 5.76. The maximum atomic E-state index is 11.8. The van der Waals surface area contributed by atoms with Gasteiger partial charge >= 0.3 is 0 Å². The Balaban J connectivity index is 1.68. The molecule has 0 spiro atoms. The molecule has 0 unspecified atom stereocenters. The summed E-state index contributed by atoms with van der Waals surface area (Å²) in [6.07, 6.45) is 5.03. The van der Waals surface area contributed by atoms with Crippen molar-refractivity contribution in [1.29, 1.82) is 0 Å². The number of nitrogens with one attached hydrogen (secondary N) is 1. The Kier molecular flexibility index (Phi) is 4.70. The summed E-state index contributed by atoms with van der Waals surface area (Å²) < 4.78 is 5.84. The first-order chi connectivity index (χ1) is 9.44. The van der Waals surface area contributed by atoms with E-state index in [4.69, 9.17) is 4.74 Å². The molecule has 5 heteroatoms. The van der Waals surface area contributed by atoms with Gasteiger partial charge in [0, 0.05) is 24.9 Å². The number of aryl methyl sites for hydroxylation is 2. The minimum atomic E-state index is -0.0477. The molecule has 0 bridgehead atoms. The van der Waals surface area contributed by atoms with Gasteiger partial charge in [0.25, 0.3) is 0 Å². The highest BCUT2D eigenvalue weighted by Gasteiger charge is 2.31. The molecule has 1 aromatic heterocycles. The zero-order valence-electron chi connectivity index (χ0n) is 12.5. The van der Waals surface area contributed by atoms with Gasteiger partial charge < -0.3 is 10.1 Å². The van der Waals surface area contributed by atoms with Gasteiger partial charge in [-0.25, -0.2) is 9.97 Å². The Labute approximate surface area is 120 Å². The van der Waals surface area contributed by atoms with Gasteiger partial charge in [-0.05, 0) is 46.1 Å². The van der Waals surface area contributed by atoms with Gasteiger partial charge in [0.1, 0.15) is 5.82 Å². The second-order valence-electron chi connectivity index (χ2n) is 5.94. The van der Waals surface area contributed by atoms with Crippen LogP contribution in [0.5, 0.6) is 0 Å². The van der Waals surface area contributed by atoms with Crippen LogP contribution in [0.2, 0.25) is 0 Å².